The van der Waals surface area contributed by atoms with Gasteiger partial charge in [0.25, 0.3) is 0 Å². The van der Waals surface area contributed by atoms with E-state index in [-0.39, 0.29) is 17.7 Å². The van der Waals surface area contributed by atoms with Crippen LogP contribution in [0, 0.1) is 5.92 Å². The highest BCUT2D eigenvalue weighted by Crippen LogP contribution is 2.22. The molecule has 1 aromatic rings. The molecule has 1 aliphatic heterocycles. The SMILES string of the molecule is COC(=O)C1CCN(c2ccc(C(C)=O)cn2)CC1. The fraction of sp³-hybridized carbons (Fsp3) is 0.500. The van der Waals surface area contributed by atoms with E-state index < -0.39 is 0 Å². The summed E-state index contributed by atoms with van der Waals surface area (Å²) in [4.78, 5) is 29.0. The second-order valence-corrected chi connectivity index (χ2v) is 4.75. The summed E-state index contributed by atoms with van der Waals surface area (Å²) in [7, 11) is 1.43. The lowest BCUT2D eigenvalue weighted by Gasteiger charge is -2.31. The Balaban J connectivity index is 1.97. The summed E-state index contributed by atoms with van der Waals surface area (Å²) in [5, 5.41) is 0. The number of carbonyl (C=O) groups excluding carboxylic acids is 2. The van der Waals surface area contributed by atoms with E-state index in [1.807, 2.05) is 6.07 Å². The lowest BCUT2D eigenvalue weighted by Crippen LogP contribution is -2.37. The Morgan fingerprint density at radius 2 is 2.00 bits per heavy atom. The number of Topliss-reactive ketones (excluding diaryl/α,β-unsaturated/α-hetero) is 1. The van der Waals surface area contributed by atoms with E-state index in [1.165, 1.54) is 14.0 Å². The van der Waals surface area contributed by atoms with E-state index in [1.54, 1.807) is 12.3 Å². The summed E-state index contributed by atoms with van der Waals surface area (Å²) in [6.45, 7) is 3.09. The summed E-state index contributed by atoms with van der Waals surface area (Å²) in [5.74, 6) is 0.744. The zero-order chi connectivity index (χ0) is 13.8. The number of hydrogen-bond donors (Lipinski definition) is 0. The molecule has 1 aromatic heterocycles. The quantitative estimate of drug-likeness (QED) is 0.612. The van der Waals surface area contributed by atoms with Gasteiger partial charge in [0.15, 0.2) is 5.78 Å². The third kappa shape index (κ3) is 3.10. The molecule has 19 heavy (non-hydrogen) atoms. The molecular weight excluding hydrogens is 244 g/mol. The Kier molecular flexibility index (Phi) is 4.14. The molecule has 0 atom stereocenters. The van der Waals surface area contributed by atoms with Crippen molar-refractivity contribution in [1.29, 1.82) is 0 Å². The van der Waals surface area contributed by atoms with Crippen LogP contribution in [-0.2, 0) is 9.53 Å². The second-order valence-electron chi connectivity index (χ2n) is 4.75. The normalized spacial score (nSPS) is 16.2. The first kappa shape index (κ1) is 13.5. The average molecular weight is 262 g/mol. The monoisotopic (exact) mass is 262 g/mol. The molecule has 5 heteroatoms. The Labute approximate surface area is 112 Å². The number of carbonyl (C=O) groups is 2. The summed E-state index contributed by atoms with van der Waals surface area (Å²) in [6, 6.07) is 3.65. The van der Waals surface area contributed by atoms with Crippen LogP contribution in [-0.4, -0.2) is 36.9 Å². The minimum atomic E-state index is -0.125. The molecule has 0 N–H and O–H groups in total. The molecule has 102 valence electrons. The zero-order valence-electron chi connectivity index (χ0n) is 11.3. The van der Waals surface area contributed by atoms with Gasteiger partial charge in [-0.2, -0.15) is 0 Å². The first-order valence-electron chi connectivity index (χ1n) is 6.41. The largest absolute Gasteiger partial charge is 0.469 e. The Bertz CT molecular complexity index is 462. The number of anilines is 1. The number of methoxy groups -OCH3 is 1. The van der Waals surface area contributed by atoms with Crippen LogP contribution in [0.4, 0.5) is 5.82 Å². The van der Waals surface area contributed by atoms with Gasteiger partial charge in [-0.25, -0.2) is 4.98 Å². The number of pyridine rings is 1. The van der Waals surface area contributed by atoms with Crippen LogP contribution < -0.4 is 4.90 Å². The highest BCUT2D eigenvalue weighted by atomic mass is 16.5. The lowest BCUT2D eigenvalue weighted by atomic mass is 9.97. The van der Waals surface area contributed by atoms with Crippen molar-refractivity contribution >= 4 is 17.6 Å². The van der Waals surface area contributed by atoms with Crippen molar-refractivity contribution < 1.29 is 14.3 Å². The number of ketones is 1. The summed E-state index contributed by atoms with van der Waals surface area (Å²) >= 11 is 0. The van der Waals surface area contributed by atoms with Gasteiger partial charge in [-0.3, -0.25) is 9.59 Å². The van der Waals surface area contributed by atoms with Gasteiger partial charge in [0.2, 0.25) is 0 Å². The topological polar surface area (TPSA) is 59.5 Å². The zero-order valence-corrected chi connectivity index (χ0v) is 11.3. The highest BCUT2D eigenvalue weighted by molar-refractivity contribution is 5.93. The third-order valence-corrected chi connectivity index (χ3v) is 3.51. The molecule has 2 rings (SSSR count). The number of esters is 1. The Hall–Kier alpha value is -1.91. The fourth-order valence-corrected chi connectivity index (χ4v) is 2.29. The fourth-order valence-electron chi connectivity index (χ4n) is 2.29. The van der Waals surface area contributed by atoms with Crippen molar-refractivity contribution in [3.63, 3.8) is 0 Å². The van der Waals surface area contributed by atoms with E-state index in [2.05, 4.69) is 9.88 Å². The maximum absolute atomic E-state index is 11.4. The first-order chi connectivity index (χ1) is 9.11. The first-order valence-corrected chi connectivity index (χ1v) is 6.41. The van der Waals surface area contributed by atoms with Crippen molar-refractivity contribution in [3.05, 3.63) is 23.9 Å². The number of piperidine rings is 1. The number of hydrogen-bond acceptors (Lipinski definition) is 5. The van der Waals surface area contributed by atoms with Crippen LogP contribution in [0.15, 0.2) is 18.3 Å². The molecule has 0 aromatic carbocycles. The number of rotatable bonds is 3. The van der Waals surface area contributed by atoms with Gasteiger partial charge in [-0.1, -0.05) is 0 Å². The molecule has 0 aliphatic carbocycles. The van der Waals surface area contributed by atoms with Gasteiger partial charge in [-0.15, -0.1) is 0 Å². The molecule has 0 radical (unpaired) electrons. The van der Waals surface area contributed by atoms with Crippen molar-refractivity contribution in [2.45, 2.75) is 19.8 Å². The molecule has 1 saturated heterocycles. The minimum Gasteiger partial charge on any atom is -0.469 e. The number of ether oxygens (including phenoxy) is 1. The van der Waals surface area contributed by atoms with Crippen LogP contribution in [0.25, 0.3) is 0 Å². The standard InChI is InChI=1S/C14H18N2O3/c1-10(17)12-3-4-13(15-9-12)16-7-5-11(6-8-16)14(18)19-2/h3-4,9,11H,5-8H2,1-2H3. The summed E-state index contributed by atoms with van der Waals surface area (Å²) < 4.78 is 4.76. The van der Waals surface area contributed by atoms with Gasteiger partial charge >= 0.3 is 5.97 Å². The van der Waals surface area contributed by atoms with Gasteiger partial charge in [0.05, 0.1) is 13.0 Å². The maximum atomic E-state index is 11.4. The van der Waals surface area contributed by atoms with Crippen molar-refractivity contribution in [1.82, 2.24) is 4.98 Å². The van der Waals surface area contributed by atoms with Crippen molar-refractivity contribution in [3.8, 4) is 0 Å². The van der Waals surface area contributed by atoms with E-state index >= 15 is 0 Å². The predicted molar refractivity (Wildman–Crippen MR) is 71.2 cm³/mol. The number of nitrogens with zero attached hydrogens (tertiary/aromatic N) is 2. The van der Waals surface area contributed by atoms with E-state index in [9.17, 15) is 9.59 Å². The molecule has 0 bridgehead atoms. The molecule has 1 fully saturated rings. The molecule has 1 aliphatic rings. The predicted octanol–water partition coefficient (Wildman–Crippen LogP) is 1.67. The van der Waals surface area contributed by atoms with Crippen molar-refractivity contribution in [2.75, 3.05) is 25.1 Å². The van der Waals surface area contributed by atoms with Crippen LogP contribution >= 0.6 is 0 Å². The van der Waals surface area contributed by atoms with Gasteiger partial charge in [0.1, 0.15) is 5.82 Å². The number of aromatic nitrogens is 1. The summed E-state index contributed by atoms with van der Waals surface area (Å²) in [5.41, 5.74) is 0.619. The highest BCUT2D eigenvalue weighted by Gasteiger charge is 2.26. The average Bonchev–Trinajstić information content (AvgIpc) is 2.46. The smallest absolute Gasteiger partial charge is 0.308 e. The van der Waals surface area contributed by atoms with Crippen LogP contribution in [0.1, 0.15) is 30.1 Å². The maximum Gasteiger partial charge on any atom is 0.308 e. The molecule has 0 saturated carbocycles. The molecular formula is C14H18N2O3. The molecule has 0 unspecified atom stereocenters. The summed E-state index contributed by atoms with van der Waals surface area (Å²) in [6.07, 6.45) is 3.16. The molecule has 0 spiro atoms. The van der Waals surface area contributed by atoms with Gasteiger partial charge < -0.3 is 9.64 Å². The van der Waals surface area contributed by atoms with E-state index in [0.29, 0.717) is 5.56 Å². The second kappa shape index (κ2) is 5.82. The van der Waals surface area contributed by atoms with E-state index in [4.69, 9.17) is 4.74 Å². The Morgan fingerprint density at radius 3 is 2.47 bits per heavy atom. The van der Waals surface area contributed by atoms with Crippen molar-refractivity contribution in [2.24, 2.45) is 5.92 Å². The lowest BCUT2D eigenvalue weighted by molar-refractivity contribution is -0.146. The van der Waals surface area contributed by atoms with Crippen LogP contribution in [0.3, 0.4) is 0 Å². The van der Waals surface area contributed by atoms with Gasteiger partial charge in [-0.05, 0) is 31.9 Å². The Morgan fingerprint density at radius 1 is 1.32 bits per heavy atom. The van der Waals surface area contributed by atoms with E-state index in [0.717, 1.165) is 31.7 Å². The molecule has 2 heterocycles. The van der Waals surface area contributed by atoms with Gasteiger partial charge in [0, 0.05) is 24.8 Å². The molecule has 5 nitrogen and oxygen atoms in total. The third-order valence-electron chi connectivity index (χ3n) is 3.51. The van der Waals surface area contributed by atoms with Crippen LogP contribution in [0.2, 0.25) is 0 Å². The van der Waals surface area contributed by atoms with Crippen LogP contribution in [0.5, 0.6) is 0 Å². The molecule has 0 amide bonds. The minimum absolute atomic E-state index is 0.00209.